The van der Waals surface area contributed by atoms with Crippen LogP contribution < -0.4 is 4.90 Å². The van der Waals surface area contributed by atoms with Crippen molar-refractivity contribution in [2.24, 2.45) is 0 Å². The Hall–Kier alpha value is -1.33. The number of rotatable bonds is 3. The maximum atomic E-state index is 5.59. The topological polar surface area (TPSA) is 32.5 Å². The molecular weight excluding hydrogens is 318 g/mol. The van der Waals surface area contributed by atoms with Crippen molar-refractivity contribution in [3.63, 3.8) is 0 Å². The van der Waals surface area contributed by atoms with Gasteiger partial charge in [-0.25, -0.2) is 4.98 Å². The smallest absolute Gasteiger partial charge is 0.169 e. The molecule has 0 radical (unpaired) electrons. The van der Waals surface area contributed by atoms with Gasteiger partial charge in [0.1, 0.15) is 11.6 Å². The van der Waals surface area contributed by atoms with Crippen molar-refractivity contribution in [2.75, 3.05) is 31.1 Å². The van der Waals surface area contributed by atoms with Crippen molar-refractivity contribution < 1.29 is 4.42 Å². The first-order valence-electron chi connectivity index (χ1n) is 6.94. The minimum absolute atomic E-state index is 0.803. The quantitative estimate of drug-likeness (QED) is 0.862. The lowest BCUT2D eigenvalue weighted by molar-refractivity contribution is 0.258. The summed E-state index contributed by atoms with van der Waals surface area (Å²) in [5.41, 5.74) is 0. The van der Waals surface area contributed by atoms with E-state index in [1.165, 1.54) is 0 Å². The summed E-state index contributed by atoms with van der Waals surface area (Å²) >= 11 is 3.35. The maximum absolute atomic E-state index is 5.59. The molecule has 0 atom stereocenters. The first kappa shape index (κ1) is 13.6. The SMILES string of the molecule is Brc1ccc(CN2CCCN(c3ccccn3)CC2)o1. The summed E-state index contributed by atoms with van der Waals surface area (Å²) in [6, 6.07) is 10.1. The summed E-state index contributed by atoms with van der Waals surface area (Å²) in [4.78, 5) is 9.24. The second kappa shape index (κ2) is 6.41. The zero-order chi connectivity index (χ0) is 13.8. The second-order valence-electron chi connectivity index (χ2n) is 5.01. The molecule has 5 heteroatoms. The standard InChI is InChI=1S/C15H18BrN3O/c16-14-6-5-13(20-14)12-18-8-3-9-19(11-10-18)15-4-1-2-7-17-15/h1-2,4-7H,3,8-12H2. The monoisotopic (exact) mass is 335 g/mol. The van der Waals surface area contributed by atoms with E-state index in [0.29, 0.717) is 0 Å². The van der Waals surface area contributed by atoms with Crippen LogP contribution in [-0.4, -0.2) is 36.1 Å². The number of nitrogens with zero attached hydrogens (tertiary/aromatic N) is 3. The van der Waals surface area contributed by atoms with Gasteiger partial charge >= 0.3 is 0 Å². The normalized spacial score (nSPS) is 17.1. The van der Waals surface area contributed by atoms with E-state index < -0.39 is 0 Å². The van der Waals surface area contributed by atoms with Gasteiger partial charge in [-0.2, -0.15) is 0 Å². The van der Waals surface area contributed by atoms with Crippen molar-refractivity contribution in [1.29, 1.82) is 0 Å². The minimum atomic E-state index is 0.803. The van der Waals surface area contributed by atoms with Gasteiger partial charge in [0.05, 0.1) is 6.54 Å². The highest BCUT2D eigenvalue weighted by Gasteiger charge is 2.16. The van der Waals surface area contributed by atoms with Crippen LogP contribution in [-0.2, 0) is 6.54 Å². The predicted octanol–water partition coefficient (Wildman–Crippen LogP) is 3.15. The molecule has 2 aromatic heterocycles. The molecule has 0 N–H and O–H groups in total. The minimum Gasteiger partial charge on any atom is -0.453 e. The van der Waals surface area contributed by atoms with E-state index in [0.717, 1.165) is 55.4 Å². The predicted molar refractivity (Wildman–Crippen MR) is 82.8 cm³/mol. The average Bonchev–Trinajstić information content (AvgIpc) is 2.74. The summed E-state index contributed by atoms with van der Waals surface area (Å²) in [5.74, 6) is 2.10. The van der Waals surface area contributed by atoms with Crippen molar-refractivity contribution >= 4 is 21.7 Å². The number of anilines is 1. The first-order chi connectivity index (χ1) is 9.81. The lowest BCUT2D eigenvalue weighted by Crippen LogP contribution is -2.30. The van der Waals surface area contributed by atoms with Gasteiger partial charge in [0, 0.05) is 32.4 Å². The van der Waals surface area contributed by atoms with E-state index in [-0.39, 0.29) is 0 Å². The fourth-order valence-corrected chi connectivity index (χ4v) is 2.90. The Bertz CT molecular complexity index is 543. The number of aromatic nitrogens is 1. The number of pyridine rings is 1. The molecular formula is C15H18BrN3O. The third-order valence-electron chi connectivity index (χ3n) is 3.57. The Balaban J connectivity index is 1.59. The highest BCUT2D eigenvalue weighted by Crippen LogP contribution is 2.18. The molecule has 0 unspecified atom stereocenters. The molecule has 3 rings (SSSR count). The molecule has 0 bridgehead atoms. The molecule has 1 saturated heterocycles. The molecule has 1 aliphatic rings. The van der Waals surface area contributed by atoms with Crippen molar-refractivity contribution in [3.05, 3.63) is 47.0 Å². The van der Waals surface area contributed by atoms with Crippen LogP contribution in [0.4, 0.5) is 5.82 Å². The second-order valence-corrected chi connectivity index (χ2v) is 5.79. The Morgan fingerprint density at radius 2 is 2.05 bits per heavy atom. The van der Waals surface area contributed by atoms with Crippen molar-refractivity contribution in [3.8, 4) is 0 Å². The Labute approximate surface area is 127 Å². The van der Waals surface area contributed by atoms with Gasteiger partial charge < -0.3 is 9.32 Å². The summed E-state index contributed by atoms with van der Waals surface area (Å²) in [5, 5.41) is 0. The highest BCUT2D eigenvalue weighted by molar-refractivity contribution is 9.10. The molecule has 0 aromatic carbocycles. The third-order valence-corrected chi connectivity index (χ3v) is 4.00. The van der Waals surface area contributed by atoms with Gasteiger partial charge in [-0.15, -0.1) is 0 Å². The molecule has 2 aromatic rings. The van der Waals surface area contributed by atoms with Crippen LogP contribution in [0.5, 0.6) is 0 Å². The van der Waals surface area contributed by atoms with Crippen LogP contribution in [0.1, 0.15) is 12.2 Å². The van der Waals surface area contributed by atoms with Gasteiger partial charge in [-0.3, -0.25) is 4.90 Å². The Morgan fingerprint density at radius 3 is 2.80 bits per heavy atom. The zero-order valence-corrected chi connectivity index (χ0v) is 12.9. The van der Waals surface area contributed by atoms with E-state index >= 15 is 0 Å². The molecule has 20 heavy (non-hydrogen) atoms. The number of hydrogen-bond donors (Lipinski definition) is 0. The molecule has 1 fully saturated rings. The van der Waals surface area contributed by atoms with E-state index in [1.54, 1.807) is 0 Å². The van der Waals surface area contributed by atoms with Crippen molar-refractivity contribution in [1.82, 2.24) is 9.88 Å². The lowest BCUT2D eigenvalue weighted by Gasteiger charge is -2.22. The van der Waals surface area contributed by atoms with Crippen LogP contribution >= 0.6 is 15.9 Å². The van der Waals surface area contributed by atoms with Gasteiger partial charge in [0.15, 0.2) is 4.67 Å². The van der Waals surface area contributed by atoms with Gasteiger partial charge in [0.25, 0.3) is 0 Å². The lowest BCUT2D eigenvalue weighted by atomic mass is 10.3. The first-order valence-corrected chi connectivity index (χ1v) is 7.73. The van der Waals surface area contributed by atoms with Crippen LogP contribution in [0.3, 0.4) is 0 Å². The fraction of sp³-hybridized carbons (Fsp3) is 0.400. The third kappa shape index (κ3) is 3.41. The molecule has 4 nitrogen and oxygen atoms in total. The van der Waals surface area contributed by atoms with E-state index in [4.69, 9.17) is 4.42 Å². The number of halogens is 1. The maximum Gasteiger partial charge on any atom is 0.169 e. The van der Waals surface area contributed by atoms with E-state index in [9.17, 15) is 0 Å². The van der Waals surface area contributed by atoms with Crippen LogP contribution in [0.25, 0.3) is 0 Å². The summed E-state index contributed by atoms with van der Waals surface area (Å²) < 4.78 is 6.39. The van der Waals surface area contributed by atoms with Crippen LogP contribution in [0.15, 0.2) is 45.6 Å². The average molecular weight is 336 g/mol. The summed E-state index contributed by atoms with van der Waals surface area (Å²) in [6.07, 6.45) is 3.01. The molecule has 0 spiro atoms. The molecule has 0 amide bonds. The van der Waals surface area contributed by atoms with Crippen LogP contribution in [0, 0.1) is 0 Å². The fourth-order valence-electron chi connectivity index (χ4n) is 2.56. The zero-order valence-electron chi connectivity index (χ0n) is 11.3. The molecule has 0 saturated carbocycles. The van der Waals surface area contributed by atoms with Crippen LogP contribution in [0.2, 0.25) is 0 Å². The van der Waals surface area contributed by atoms with Crippen molar-refractivity contribution in [2.45, 2.75) is 13.0 Å². The van der Waals surface area contributed by atoms with E-state index in [2.05, 4.69) is 36.8 Å². The molecule has 3 heterocycles. The highest BCUT2D eigenvalue weighted by atomic mass is 79.9. The van der Waals surface area contributed by atoms with Gasteiger partial charge in [-0.1, -0.05) is 6.07 Å². The Morgan fingerprint density at radius 1 is 1.10 bits per heavy atom. The van der Waals surface area contributed by atoms with Gasteiger partial charge in [-0.05, 0) is 46.6 Å². The molecule has 106 valence electrons. The largest absolute Gasteiger partial charge is 0.453 e. The summed E-state index contributed by atoms with van der Waals surface area (Å²) in [7, 11) is 0. The molecule has 1 aliphatic heterocycles. The van der Waals surface area contributed by atoms with Gasteiger partial charge in [0.2, 0.25) is 0 Å². The van der Waals surface area contributed by atoms with E-state index in [1.807, 2.05) is 30.5 Å². The summed E-state index contributed by atoms with van der Waals surface area (Å²) in [6.45, 7) is 5.09. The molecule has 0 aliphatic carbocycles. The number of hydrogen-bond acceptors (Lipinski definition) is 4. The Kier molecular flexibility index (Phi) is 4.38. The number of furan rings is 1.